The molecule has 0 aliphatic carbocycles. The Morgan fingerprint density at radius 2 is 2.05 bits per heavy atom. The van der Waals surface area contributed by atoms with Crippen LogP contribution in [0.5, 0.6) is 0 Å². The van der Waals surface area contributed by atoms with Crippen LogP contribution >= 0.6 is 22.6 Å². The molecule has 0 fully saturated rings. The first-order valence-corrected chi connectivity index (χ1v) is 7.25. The molecule has 3 rings (SSSR count). The molecule has 0 atom stereocenters. The molecule has 3 aromatic rings. The van der Waals surface area contributed by atoms with E-state index in [-0.39, 0.29) is 11.7 Å². The SMILES string of the molecule is Nc1ccc2[nH]cc(C(=O)Nc3ccc(F)cc3I)c2c1. The van der Waals surface area contributed by atoms with E-state index < -0.39 is 0 Å². The normalized spacial score (nSPS) is 10.8. The van der Waals surface area contributed by atoms with E-state index in [2.05, 4.69) is 10.3 Å². The van der Waals surface area contributed by atoms with Crippen LogP contribution in [-0.4, -0.2) is 10.9 Å². The smallest absolute Gasteiger partial charge is 0.257 e. The van der Waals surface area contributed by atoms with Crippen molar-refractivity contribution in [1.82, 2.24) is 4.98 Å². The fraction of sp³-hybridized carbons (Fsp3) is 0. The van der Waals surface area contributed by atoms with Crippen LogP contribution in [0.15, 0.2) is 42.6 Å². The highest BCUT2D eigenvalue weighted by Crippen LogP contribution is 2.24. The lowest BCUT2D eigenvalue weighted by atomic mass is 10.1. The van der Waals surface area contributed by atoms with Crippen LogP contribution in [0.4, 0.5) is 15.8 Å². The maximum absolute atomic E-state index is 13.1. The second kappa shape index (κ2) is 5.36. The first-order valence-electron chi connectivity index (χ1n) is 6.17. The summed E-state index contributed by atoms with van der Waals surface area (Å²) in [4.78, 5) is 15.4. The average molecular weight is 395 g/mol. The van der Waals surface area contributed by atoms with E-state index in [9.17, 15) is 9.18 Å². The summed E-state index contributed by atoms with van der Waals surface area (Å²) in [5.41, 5.74) is 8.25. The van der Waals surface area contributed by atoms with Crippen LogP contribution in [0.3, 0.4) is 0 Å². The molecule has 4 N–H and O–H groups in total. The molecule has 4 nitrogen and oxygen atoms in total. The van der Waals surface area contributed by atoms with E-state index in [1.54, 1.807) is 18.3 Å². The number of benzene rings is 2. The van der Waals surface area contributed by atoms with Crippen LogP contribution in [0, 0.1) is 9.39 Å². The molecule has 0 saturated carbocycles. The fourth-order valence-corrected chi connectivity index (χ4v) is 2.72. The highest BCUT2D eigenvalue weighted by atomic mass is 127. The van der Waals surface area contributed by atoms with Gasteiger partial charge in [0.15, 0.2) is 0 Å². The summed E-state index contributed by atoms with van der Waals surface area (Å²) in [5.74, 6) is -0.603. The Morgan fingerprint density at radius 3 is 2.81 bits per heavy atom. The molecule has 0 aliphatic rings. The molecule has 0 bridgehead atoms. The summed E-state index contributed by atoms with van der Waals surface area (Å²) in [6, 6.07) is 9.55. The Kier molecular flexibility index (Phi) is 3.54. The molecule has 0 spiro atoms. The predicted octanol–water partition coefficient (Wildman–Crippen LogP) is 3.75. The van der Waals surface area contributed by atoms with Crippen molar-refractivity contribution >= 4 is 50.8 Å². The van der Waals surface area contributed by atoms with Gasteiger partial charge in [0.2, 0.25) is 0 Å². The van der Waals surface area contributed by atoms with Crippen molar-refractivity contribution in [2.24, 2.45) is 0 Å². The number of fused-ring (bicyclic) bond motifs is 1. The summed E-state index contributed by atoms with van der Waals surface area (Å²) in [7, 11) is 0. The van der Waals surface area contributed by atoms with Crippen molar-refractivity contribution in [3.05, 3.63) is 57.5 Å². The lowest BCUT2D eigenvalue weighted by Crippen LogP contribution is -2.12. The van der Waals surface area contributed by atoms with Crippen LogP contribution in [0.2, 0.25) is 0 Å². The molecule has 1 amide bonds. The molecule has 0 unspecified atom stereocenters. The number of amides is 1. The maximum Gasteiger partial charge on any atom is 0.257 e. The van der Waals surface area contributed by atoms with Gasteiger partial charge in [-0.05, 0) is 59.0 Å². The number of nitrogens with one attached hydrogen (secondary N) is 2. The van der Waals surface area contributed by atoms with E-state index in [0.717, 1.165) is 10.9 Å². The fourth-order valence-electron chi connectivity index (χ4n) is 2.11. The number of halogens is 2. The number of nitrogen functional groups attached to an aromatic ring is 1. The number of aromatic nitrogens is 1. The second-order valence-corrected chi connectivity index (χ2v) is 5.75. The molecule has 1 aromatic heterocycles. The molecule has 0 aliphatic heterocycles. The van der Waals surface area contributed by atoms with Crippen molar-refractivity contribution in [3.63, 3.8) is 0 Å². The number of nitrogens with two attached hydrogens (primary N) is 1. The summed E-state index contributed by atoms with van der Waals surface area (Å²) in [6.45, 7) is 0. The first-order chi connectivity index (χ1) is 10.0. The van der Waals surface area contributed by atoms with Gasteiger partial charge in [0.25, 0.3) is 5.91 Å². The standard InChI is InChI=1S/C15H11FIN3O/c16-8-1-3-14(12(17)5-8)20-15(21)11-7-19-13-4-2-9(18)6-10(11)13/h1-7,19H,18H2,(H,20,21). The maximum atomic E-state index is 13.1. The van der Waals surface area contributed by atoms with Gasteiger partial charge in [-0.1, -0.05) is 0 Å². The molecule has 1 heterocycles. The third-order valence-corrected chi connectivity index (χ3v) is 4.02. The summed E-state index contributed by atoms with van der Waals surface area (Å²) >= 11 is 1.98. The molecule has 0 radical (unpaired) electrons. The van der Waals surface area contributed by atoms with Gasteiger partial charge in [0.05, 0.1) is 11.3 Å². The number of hydrogen-bond acceptors (Lipinski definition) is 2. The van der Waals surface area contributed by atoms with Crippen LogP contribution in [0.25, 0.3) is 10.9 Å². The minimum absolute atomic E-state index is 0.267. The topological polar surface area (TPSA) is 70.9 Å². The highest BCUT2D eigenvalue weighted by Gasteiger charge is 2.13. The number of rotatable bonds is 2. The van der Waals surface area contributed by atoms with E-state index in [1.807, 2.05) is 28.7 Å². The zero-order valence-corrected chi connectivity index (χ0v) is 12.9. The summed E-state index contributed by atoms with van der Waals surface area (Å²) in [5, 5.41) is 3.53. The third-order valence-electron chi connectivity index (χ3n) is 3.13. The lowest BCUT2D eigenvalue weighted by Gasteiger charge is -2.07. The van der Waals surface area contributed by atoms with Crippen LogP contribution < -0.4 is 11.1 Å². The van der Waals surface area contributed by atoms with Crippen molar-refractivity contribution in [2.75, 3.05) is 11.1 Å². The van der Waals surface area contributed by atoms with E-state index >= 15 is 0 Å². The first kappa shape index (κ1) is 13.9. The van der Waals surface area contributed by atoms with Gasteiger partial charge in [-0.25, -0.2) is 4.39 Å². The molecule has 2 aromatic carbocycles. The van der Waals surface area contributed by atoms with E-state index in [1.165, 1.54) is 18.2 Å². The number of hydrogen-bond donors (Lipinski definition) is 3. The van der Waals surface area contributed by atoms with Gasteiger partial charge < -0.3 is 16.0 Å². The van der Waals surface area contributed by atoms with E-state index in [0.29, 0.717) is 20.5 Å². The van der Waals surface area contributed by atoms with Crippen molar-refractivity contribution in [1.29, 1.82) is 0 Å². The monoisotopic (exact) mass is 395 g/mol. The van der Waals surface area contributed by atoms with Gasteiger partial charge in [-0.15, -0.1) is 0 Å². The average Bonchev–Trinajstić information content (AvgIpc) is 2.85. The van der Waals surface area contributed by atoms with Crippen molar-refractivity contribution < 1.29 is 9.18 Å². The number of anilines is 2. The molecular weight excluding hydrogens is 384 g/mol. The van der Waals surface area contributed by atoms with Crippen LogP contribution in [0.1, 0.15) is 10.4 Å². The predicted molar refractivity (Wildman–Crippen MR) is 89.8 cm³/mol. The number of aromatic amines is 1. The minimum atomic E-state index is -0.336. The minimum Gasteiger partial charge on any atom is -0.399 e. The van der Waals surface area contributed by atoms with Crippen molar-refractivity contribution in [2.45, 2.75) is 0 Å². The Bertz CT molecular complexity index is 844. The summed E-state index contributed by atoms with van der Waals surface area (Å²) in [6.07, 6.45) is 1.63. The number of H-pyrrole nitrogens is 1. The molecule has 106 valence electrons. The highest BCUT2D eigenvalue weighted by molar-refractivity contribution is 14.1. The van der Waals surface area contributed by atoms with Gasteiger partial charge in [-0.2, -0.15) is 0 Å². The Labute approximate surface area is 133 Å². The lowest BCUT2D eigenvalue weighted by molar-refractivity contribution is 0.102. The van der Waals surface area contributed by atoms with Crippen LogP contribution in [-0.2, 0) is 0 Å². The summed E-state index contributed by atoms with van der Waals surface area (Å²) < 4.78 is 13.7. The van der Waals surface area contributed by atoms with Gasteiger partial charge in [-0.3, -0.25) is 4.79 Å². The Morgan fingerprint density at radius 1 is 1.24 bits per heavy atom. The zero-order chi connectivity index (χ0) is 15.0. The van der Waals surface area contributed by atoms with Gasteiger partial charge >= 0.3 is 0 Å². The van der Waals surface area contributed by atoms with Crippen molar-refractivity contribution in [3.8, 4) is 0 Å². The zero-order valence-electron chi connectivity index (χ0n) is 10.8. The van der Waals surface area contributed by atoms with E-state index in [4.69, 9.17) is 5.73 Å². The quantitative estimate of drug-likeness (QED) is 0.457. The number of carbonyl (C=O) groups excluding carboxylic acids is 1. The molecule has 0 saturated heterocycles. The van der Waals surface area contributed by atoms with Gasteiger partial charge in [0.1, 0.15) is 5.82 Å². The Balaban J connectivity index is 1.95. The number of carbonyl (C=O) groups is 1. The Hall–Kier alpha value is -2.09. The second-order valence-electron chi connectivity index (χ2n) is 4.59. The largest absolute Gasteiger partial charge is 0.399 e. The van der Waals surface area contributed by atoms with Gasteiger partial charge in [0, 0.05) is 26.4 Å². The molecule has 6 heteroatoms. The third kappa shape index (κ3) is 2.71. The molecule has 21 heavy (non-hydrogen) atoms. The molecular formula is C15H11FIN3O.